The number of nitrogens with one attached hydrogen (secondary N) is 3. The Balaban J connectivity index is 1.79. The highest BCUT2D eigenvalue weighted by Gasteiger charge is 2.37. The van der Waals surface area contributed by atoms with Crippen LogP contribution in [0.15, 0.2) is 24.4 Å². The molecule has 1 heterocycles. The summed E-state index contributed by atoms with van der Waals surface area (Å²) in [6.45, 7) is 8.88. The zero-order valence-electron chi connectivity index (χ0n) is 14.9. The van der Waals surface area contributed by atoms with Crippen LogP contribution >= 0.6 is 0 Å². The highest BCUT2D eigenvalue weighted by Crippen LogP contribution is 2.45. The third-order valence-corrected chi connectivity index (χ3v) is 5.05. The molecule has 132 valence electrons. The summed E-state index contributed by atoms with van der Waals surface area (Å²) in [4.78, 5) is 24.2. The largest absolute Gasteiger partial charge is 0.291 e. The lowest BCUT2D eigenvalue weighted by Gasteiger charge is -2.42. The average molecular weight is 341 g/mol. The number of hydrogen-bond donors (Lipinski definition) is 3. The van der Waals surface area contributed by atoms with Gasteiger partial charge < -0.3 is 0 Å². The van der Waals surface area contributed by atoms with Gasteiger partial charge >= 0.3 is 0 Å². The lowest BCUT2D eigenvalue weighted by Crippen LogP contribution is -2.42. The van der Waals surface area contributed by atoms with Gasteiger partial charge in [-0.1, -0.05) is 33.8 Å². The second-order valence-electron chi connectivity index (χ2n) is 7.79. The fourth-order valence-electron chi connectivity index (χ4n) is 3.29. The lowest BCUT2D eigenvalue weighted by molar-refractivity contribution is 0.0843. The Hall–Kier alpha value is -2.70. The van der Waals surface area contributed by atoms with Crippen molar-refractivity contribution in [3.8, 4) is 0 Å². The maximum absolute atomic E-state index is 12.4. The number of hydrogen-bond acceptors (Lipinski definition) is 4. The van der Waals surface area contributed by atoms with E-state index in [4.69, 9.17) is 0 Å². The molecular formula is C18H23N5O2. The summed E-state index contributed by atoms with van der Waals surface area (Å²) in [7, 11) is 0. The van der Waals surface area contributed by atoms with Crippen molar-refractivity contribution in [1.29, 1.82) is 0 Å². The van der Waals surface area contributed by atoms with Gasteiger partial charge in [-0.15, -0.1) is 0 Å². The van der Waals surface area contributed by atoms with E-state index < -0.39 is 5.91 Å². The standard InChI is InChI=1S/C18H23N5O2/c1-17(2)7-8-18(3,4)13-9-11(5-6-12(13)17)15(24)21-22-16(25)14-10-19-23-20-14/h5-6,9-10H,7-8H2,1-4H3,(H,21,24)(H,22,25)(H,19,20,23). The van der Waals surface area contributed by atoms with Crippen molar-refractivity contribution in [3.63, 3.8) is 0 Å². The minimum absolute atomic E-state index is 0.0190. The number of carbonyl (C=O) groups is 2. The molecule has 0 radical (unpaired) electrons. The van der Waals surface area contributed by atoms with Crippen molar-refractivity contribution in [2.75, 3.05) is 0 Å². The molecule has 0 saturated carbocycles. The van der Waals surface area contributed by atoms with E-state index in [1.807, 2.05) is 12.1 Å². The second kappa shape index (κ2) is 5.98. The van der Waals surface area contributed by atoms with E-state index in [1.54, 1.807) is 6.07 Å². The van der Waals surface area contributed by atoms with E-state index in [0.29, 0.717) is 5.56 Å². The normalized spacial score (nSPS) is 17.4. The number of carbonyl (C=O) groups excluding carboxylic acids is 2. The van der Waals surface area contributed by atoms with Crippen LogP contribution in [0.25, 0.3) is 0 Å². The minimum atomic E-state index is -0.526. The molecule has 1 aromatic heterocycles. The maximum Gasteiger partial charge on any atom is 0.291 e. The fraction of sp³-hybridized carbons (Fsp3) is 0.444. The molecule has 3 N–H and O–H groups in total. The molecule has 1 aliphatic rings. The molecule has 25 heavy (non-hydrogen) atoms. The second-order valence-corrected chi connectivity index (χ2v) is 7.79. The first-order valence-corrected chi connectivity index (χ1v) is 8.32. The van der Waals surface area contributed by atoms with Gasteiger partial charge in [-0.3, -0.25) is 20.4 Å². The number of H-pyrrole nitrogens is 1. The molecule has 0 unspecified atom stereocenters. The average Bonchev–Trinajstić information content (AvgIpc) is 3.11. The van der Waals surface area contributed by atoms with E-state index in [-0.39, 0.29) is 22.4 Å². The Morgan fingerprint density at radius 2 is 1.64 bits per heavy atom. The number of aromatic nitrogens is 3. The van der Waals surface area contributed by atoms with Gasteiger partial charge in [-0.2, -0.15) is 15.4 Å². The van der Waals surface area contributed by atoms with Gasteiger partial charge in [0, 0.05) is 5.56 Å². The summed E-state index contributed by atoms with van der Waals surface area (Å²) in [5, 5.41) is 9.56. The molecular weight excluding hydrogens is 318 g/mol. The number of benzene rings is 1. The van der Waals surface area contributed by atoms with Gasteiger partial charge in [0.2, 0.25) is 0 Å². The van der Waals surface area contributed by atoms with E-state index in [2.05, 4.69) is 54.0 Å². The molecule has 0 atom stereocenters. The van der Waals surface area contributed by atoms with E-state index in [9.17, 15) is 9.59 Å². The lowest BCUT2D eigenvalue weighted by atomic mass is 9.63. The Morgan fingerprint density at radius 3 is 2.28 bits per heavy atom. The summed E-state index contributed by atoms with van der Waals surface area (Å²) in [5.74, 6) is -0.889. The molecule has 7 heteroatoms. The molecule has 2 aromatic rings. The highest BCUT2D eigenvalue weighted by molar-refractivity contribution is 5.98. The molecule has 1 aliphatic carbocycles. The first kappa shape index (κ1) is 17.1. The maximum atomic E-state index is 12.4. The van der Waals surface area contributed by atoms with E-state index >= 15 is 0 Å². The fourth-order valence-corrected chi connectivity index (χ4v) is 3.29. The van der Waals surface area contributed by atoms with Gasteiger partial charge in [-0.25, -0.2) is 0 Å². The van der Waals surface area contributed by atoms with Crippen LogP contribution in [-0.2, 0) is 10.8 Å². The van der Waals surface area contributed by atoms with Crippen molar-refractivity contribution in [3.05, 3.63) is 46.8 Å². The molecule has 3 rings (SSSR count). The molecule has 2 amide bonds. The van der Waals surface area contributed by atoms with Crippen LogP contribution < -0.4 is 10.9 Å². The van der Waals surface area contributed by atoms with Gasteiger partial charge in [0.25, 0.3) is 11.8 Å². The van der Waals surface area contributed by atoms with E-state index in [0.717, 1.165) is 12.8 Å². The molecule has 7 nitrogen and oxygen atoms in total. The van der Waals surface area contributed by atoms with Crippen molar-refractivity contribution in [1.82, 2.24) is 26.3 Å². The Kier molecular flexibility index (Phi) is 4.10. The summed E-state index contributed by atoms with van der Waals surface area (Å²) in [5.41, 5.74) is 7.98. The highest BCUT2D eigenvalue weighted by atomic mass is 16.2. The zero-order chi connectivity index (χ0) is 18.2. The van der Waals surface area contributed by atoms with Crippen molar-refractivity contribution in [2.45, 2.75) is 51.4 Å². The SMILES string of the molecule is CC1(C)CCC(C)(C)c2cc(C(=O)NNC(=O)c3cn[nH]n3)ccc21. The van der Waals surface area contributed by atoms with Crippen LogP contribution in [0, 0.1) is 0 Å². The van der Waals surface area contributed by atoms with Crippen molar-refractivity contribution < 1.29 is 9.59 Å². The molecule has 1 aromatic carbocycles. The van der Waals surface area contributed by atoms with E-state index in [1.165, 1.54) is 17.3 Å². The molecule has 0 saturated heterocycles. The van der Waals surface area contributed by atoms with Crippen LogP contribution in [0.2, 0.25) is 0 Å². The van der Waals surface area contributed by atoms with Gasteiger partial charge in [0.15, 0.2) is 5.69 Å². The monoisotopic (exact) mass is 341 g/mol. The van der Waals surface area contributed by atoms with Gasteiger partial charge in [-0.05, 0) is 46.9 Å². The first-order chi connectivity index (χ1) is 11.7. The number of hydrazine groups is 1. The van der Waals surface area contributed by atoms with Crippen LogP contribution in [0.1, 0.15) is 72.5 Å². The van der Waals surface area contributed by atoms with Crippen LogP contribution in [0.5, 0.6) is 0 Å². The van der Waals surface area contributed by atoms with Crippen LogP contribution in [-0.4, -0.2) is 27.2 Å². The van der Waals surface area contributed by atoms with Gasteiger partial charge in [0.05, 0.1) is 6.20 Å². The molecule has 0 spiro atoms. The number of fused-ring (bicyclic) bond motifs is 1. The Labute approximate surface area is 146 Å². The molecule has 0 aliphatic heterocycles. The number of amides is 2. The Morgan fingerprint density at radius 1 is 1.00 bits per heavy atom. The number of rotatable bonds is 2. The first-order valence-electron chi connectivity index (χ1n) is 8.32. The van der Waals surface area contributed by atoms with Crippen molar-refractivity contribution in [2.24, 2.45) is 0 Å². The van der Waals surface area contributed by atoms with Crippen LogP contribution in [0.4, 0.5) is 0 Å². The number of aromatic amines is 1. The predicted octanol–water partition coefficient (Wildman–Crippen LogP) is 2.23. The third-order valence-electron chi connectivity index (χ3n) is 5.05. The quantitative estimate of drug-likeness (QED) is 0.729. The topological polar surface area (TPSA) is 99.8 Å². The Bertz CT molecular complexity index is 809. The zero-order valence-corrected chi connectivity index (χ0v) is 14.9. The third kappa shape index (κ3) is 3.26. The predicted molar refractivity (Wildman–Crippen MR) is 93.0 cm³/mol. The molecule has 0 bridgehead atoms. The summed E-state index contributed by atoms with van der Waals surface area (Å²) >= 11 is 0. The smallest absolute Gasteiger partial charge is 0.267 e. The molecule has 0 fully saturated rings. The van der Waals surface area contributed by atoms with Crippen molar-refractivity contribution >= 4 is 11.8 Å². The minimum Gasteiger partial charge on any atom is -0.267 e. The van der Waals surface area contributed by atoms with Crippen LogP contribution in [0.3, 0.4) is 0 Å². The summed E-state index contributed by atoms with van der Waals surface area (Å²) < 4.78 is 0. The summed E-state index contributed by atoms with van der Waals surface area (Å²) in [6, 6.07) is 5.78. The summed E-state index contributed by atoms with van der Waals surface area (Å²) in [6.07, 6.45) is 3.47. The number of nitrogens with zero attached hydrogens (tertiary/aromatic N) is 2. The van der Waals surface area contributed by atoms with Gasteiger partial charge in [0.1, 0.15) is 0 Å².